The molecule has 0 spiro atoms. The molecule has 0 radical (unpaired) electrons. The van der Waals surface area contributed by atoms with Crippen LogP contribution in [-0.4, -0.2) is 16.1 Å². The van der Waals surface area contributed by atoms with Crippen LogP contribution in [0.4, 0.5) is 33.2 Å². The predicted octanol–water partition coefficient (Wildman–Crippen LogP) is 5.61. The van der Waals surface area contributed by atoms with E-state index in [1.54, 1.807) is 36.4 Å². The van der Waals surface area contributed by atoms with E-state index < -0.39 is 4.92 Å². The number of thiocarbonyl (C=S) groups is 1. The highest BCUT2D eigenvalue weighted by Crippen LogP contribution is 2.17. The third kappa shape index (κ3) is 6.51. The maximum atomic E-state index is 12.2. The van der Waals surface area contributed by atoms with Crippen LogP contribution in [-0.2, 0) is 6.42 Å². The second kappa shape index (κ2) is 10.2. The van der Waals surface area contributed by atoms with Gasteiger partial charge in [0.15, 0.2) is 5.11 Å². The average Bonchev–Trinajstić information content (AvgIpc) is 2.76. The Labute approximate surface area is 184 Å². The summed E-state index contributed by atoms with van der Waals surface area (Å²) in [6.07, 6.45) is 0.944. The van der Waals surface area contributed by atoms with Crippen LogP contribution in [0, 0.1) is 10.1 Å². The number of benzene rings is 3. The zero-order valence-corrected chi connectivity index (χ0v) is 17.5. The largest absolute Gasteiger partial charge is 0.332 e. The fraction of sp³-hybridized carbons (Fsp3) is 0.0909. The number of hydrogen-bond acceptors (Lipinski definition) is 4. The van der Waals surface area contributed by atoms with Crippen molar-refractivity contribution in [2.24, 2.45) is 0 Å². The highest BCUT2D eigenvalue weighted by atomic mass is 32.1. The number of nitro benzene ring substituents is 1. The molecule has 3 rings (SSSR count). The second-order valence-corrected chi connectivity index (χ2v) is 7.00. The number of anilines is 4. The van der Waals surface area contributed by atoms with E-state index in [-0.39, 0.29) is 11.7 Å². The third-order valence-corrected chi connectivity index (χ3v) is 4.56. The van der Waals surface area contributed by atoms with Gasteiger partial charge in [-0.2, -0.15) is 0 Å². The molecule has 0 saturated carbocycles. The molecule has 8 nitrogen and oxygen atoms in total. The Bertz CT molecular complexity index is 1070. The minimum atomic E-state index is -0.460. The number of nitro groups is 1. The van der Waals surface area contributed by atoms with E-state index in [1.165, 1.54) is 17.7 Å². The van der Waals surface area contributed by atoms with Crippen LogP contribution in [0.15, 0.2) is 72.8 Å². The molecule has 0 aliphatic rings. The molecule has 0 aliphatic carbocycles. The number of amides is 2. The first-order valence-electron chi connectivity index (χ1n) is 9.52. The zero-order chi connectivity index (χ0) is 22.2. The van der Waals surface area contributed by atoms with E-state index >= 15 is 0 Å². The van der Waals surface area contributed by atoms with Gasteiger partial charge in [-0.3, -0.25) is 10.1 Å². The summed E-state index contributed by atoms with van der Waals surface area (Å²) in [6, 6.07) is 20.3. The molecule has 0 heterocycles. The molecular formula is C22H21N5O3S. The van der Waals surface area contributed by atoms with Gasteiger partial charge in [-0.15, -0.1) is 0 Å². The lowest BCUT2D eigenvalue weighted by molar-refractivity contribution is -0.384. The molecule has 4 N–H and O–H groups in total. The van der Waals surface area contributed by atoms with Gasteiger partial charge in [-0.1, -0.05) is 19.1 Å². The van der Waals surface area contributed by atoms with Crippen LogP contribution in [0.5, 0.6) is 0 Å². The monoisotopic (exact) mass is 435 g/mol. The van der Waals surface area contributed by atoms with Gasteiger partial charge >= 0.3 is 6.03 Å². The van der Waals surface area contributed by atoms with E-state index in [9.17, 15) is 14.9 Å². The predicted molar refractivity (Wildman–Crippen MR) is 128 cm³/mol. The number of urea groups is 1. The van der Waals surface area contributed by atoms with Gasteiger partial charge in [0.2, 0.25) is 0 Å². The van der Waals surface area contributed by atoms with Gasteiger partial charge in [0.1, 0.15) is 0 Å². The van der Waals surface area contributed by atoms with Crippen molar-refractivity contribution in [3.63, 3.8) is 0 Å². The van der Waals surface area contributed by atoms with E-state index in [1.807, 2.05) is 24.3 Å². The third-order valence-electron chi connectivity index (χ3n) is 4.36. The molecule has 0 aromatic heterocycles. The highest BCUT2D eigenvalue weighted by molar-refractivity contribution is 7.80. The molecule has 3 aromatic carbocycles. The van der Waals surface area contributed by atoms with Crippen molar-refractivity contribution >= 4 is 51.8 Å². The van der Waals surface area contributed by atoms with Crippen molar-refractivity contribution in [2.45, 2.75) is 13.3 Å². The summed E-state index contributed by atoms with van der Waals surface area (Å²) < 4.78 is 0. The fourth-order valence-corrected chi connectivity index (χ4v) is 2.95. The number of nitrogens with zero attached hydrogens (tertiary/aromatic N) is 1. The van der Waals surface area contributed by atoms with Crippen molar-refractivity contribution in [2.75, 3.05) is 21.3 Å². The van der Waals surface area contributed by atoms with Crippen LogP contribution in [0.2, 0.25) is 0 Å². The van der Waals surface area contributed by atoms with Gasteiger partial charge in [0.05, 0.1) is 4.92 Å². The first kappa shape index (κ1) is 21.7. The minimum absolute atomic E-state index is 0.00882. The standard InChI is InChI=1S/C22H21N5O3S/c1-2-15-3-5-16(6-4-15)23-21(28)24-17-7-9-18(10-8-17)25-22(31)26-19-11-13-20(14-12-19)27(29)30/h3-14H,2H2,1H3,(H2,23,24,28)(H2,25,26,31). The number of non-ortho nitro benzene ring substituents is 1. The lowest BCUT2D eigenvalue weighted by Gasteiger charge is -2.12. The van der Waals surface area contributed by atoms with Gasteiger partial charge in [0.25, 0.3) is 5.69 Å². The quantitative estimate of drug-likeness (QED) is 0.228. The van der Waals surface area contributed by atoms with E-state index in [0.29, 0.717) is 16.5 Å². The van der Waals surface area contributed by atoms with Gasteiger partial charge in [-0.25, -0.2) is 4.79 Å². The highest BCUT2D eigenvalue weighted by Gasteiger charge is 2.06. The maximum absolute atomic E-state index is 12.2. The van der Waals surface area contributed by atoms with Crippen LogP contribution in [0.25, 0.3) is 0 Å². The van der Waals surface area contributed by atoms with Crippen LogP contribution in [0.3, 0.4) is 0 Å². The topological polar surface area (TPSA) is 108 Å². The molecule has 0 bridgehead atoms. The summed E-state index contributed by atoms with van der Waals surface area (Å²) in [6.45, 7) is 2.08. The molecule has 158 valence electrons. The number of carbonyl (C=O) groups excluding carboxylic acids is 1. The fourth-order valence-electron chi connectivity index (χ4n) is 2.71. The summed E-state index contributed by atoms with van der Waals surface area (Å²) >= 11 is 5.26. The Morgan fingerprint density at radius 2 is 1.16 bits per heavy atom. The Morgan fingerprint density at radius 3 is 1.58 bits per heavy atom. The average molecular weight is 436 g/mol. The van der Waals surface area contributed by atoms with Crippen molar-refractivity contribution < 1.29 is 9.72 Å². The van der Waals surface area contributed by atoms with E-state index in [4.69, 9.17) is 12.2 Å². The van der Waals surface area contributed by atoms with Crippen LogP contribution < -0.4 is 21.3 Å². The molecule has 0 unspecified atom stereocenters. The Morgan fingerprint density at radius 1 is 0.774 bits per heavy atom. The normalized spacial score (nSPS) is 10.1. The minimum Gasteiger partial charge on any atom is -0.332 e. The summed E-state index contributed by atoms with van der Waals surface area (Å²) in [7, 11) is 0. The van der Waals surface area contributed by atoms with Crippen LogP contribution in [0.1, 0.15) is 12.5 Å². The van der Waals surface area contributed by atoms with Crippen molar-refractivity contribution in [1.29, 1.82) is 0 Å². The summed E-state index contributed by atoms with van der Waals surface area (Å²) in [4.78, 5) is 22.4. The number of carbonyl (C=O) groups is 1. The summed E-state index contributed by atoms with van der Waals surface area (Å²) in [5, 5.41) is 22.6. The number of hydrogen-bond donors (Lipinski definition) is 4. The first-order chi connectivity index (χ1) is 14.9. The zero-order valence-electron chi connectivity index (χ0n) is 16.7. The molecule has 0 aliphatic heterocycles. The lowest BCUT2D eigenvalue weighted by atomic mass is 10.1. The number of nitrogens with one attached hydrogen (secondary N) is 4. The Balaban J connectivity index is 1.50. The number of rotatable bonds is 6. The smallest absolute Gasteiger partial charge is 0.323 e. The molecule has 0 atom stereocenters. The van der Waals surface area contributed by atoms with Gasteiger partial charge in [-0.05, 0) is 72.7 Å². The molecule has 2 amide bonds. The Kier molecular flexibility index (Phi) is 7.13. The van der Waals surface area contributed by atoms with Gasteiger partial charge < -0.3 is 21.3 Å². The lowest BCUT2D eigenvalue weighted by Crippen LogP contribution is -2.20. The molecule has 31 heavy (non-hydrogen) atoms. The van der Waals surface area contributed by atoms with Crippen LogP contribution >= 0.6 is 12.2 Å². The summed E-state index contributed by atoms with van der Waals surface area (Å²) in [5.41, 5.74) is 3.91. The van der Waals surface area contributed by atoms with E-state index in [0.717, 1.165) is 17.8 Å². The second-order valence-electron chi connectivity index (χ2n) is 6.59. The molecule has 0 saturated heterocycles. The van der Waals surface area contributed by atoms with Gasteiger partial charge in [0, 0.05) is 34.9 Å². The SMILES string of the molecule is CCc1ccc(NC(=O)Nc2ccc(NC(=S)Nc3ccc([N+](=O)[O-])cc3)cc2)cc1. The van der Waals surface area contributed by atoms with Crippen molar-refractivity contribution in [3.05, 3.63) is 88.5 Å². The molecule has 0 fully saturated rings. The maximum Gasteiger partial charge on any atom is 0.323 e. The molecular weight excluding hydrogens is 414 g/mol. The number of aryl methyl sites for hydroxylation is 1. The molecule has 9 heteroatoms. The Hall–Kier alpha value is -3.98. The summed E-state index contributed by atoms with van der Waals surface area (Å²) in [5.74, 6) is 0. The van der Waals surface area contributed by atoms with Crippen molar-refractivity contribution in [1.82, 2.24) is 0 Å². The van der Waals surface area contributed by atoms with E-state index in [2.05, 4.69) is 28.2 Å². The van der Waals surface area contributed by atoms with Crippen molar-refractivity contribution in [3.8, 4) is 0 Å². The first-order valence-corrected chi connectivity index (χ1v) is 9.93. The molecule has 3 aromatic rings.